The molecule has 0 aliphatic heterocycles. The Morgan fingerprint density at radius 1 is 1.53 bits per heavy atom. The van der Waals surface area contributed by atoms with Crippen molar-refractivity contribution in [2.24, 2.45) is 5.92 Å². The summed E-state index contributed by atoms with van der Waals surface area (Å²) in [6, 6.07) is 5.21. The highest BCUT2D eigenvalue weighted by molar-refractivity contribution is 9.10. The molecule has 0 bridgehead atoms. The number of hydrogen-bond donors (Lipinski definition) is 1. The Balaban J connectivity index is 2.57. The second-order valence-electron chi connectivity index (χ2n) is 4.14. The molecule has 2 nitrogen and oxygen atoms in total. The summed E-state index contributed by atoms with van der Waals surface area (Å²) in [6.45, 7) is 4.44. The van der Waals surface area contributed by atoms with E-state index in [1.165, 1.54) is 6.42 Å². The van der Waals surface area contributed by atoms with E-state index in [2.05, 4.69) is 29.8 Å². The molecular weight excluding hydrogens is 300 g/mol. The largest absolute Gasteiger partial charge is 0.478 e. The SMILES string of the molecule is CCC(C)CSCc1ccc(C(=O)O)cc1Br. The first-order chi connectivity index (χ1) is 8.04. The number of carbonyl (C=O) groups is 1. The normalized spacial score (nSPS) is 12.4. The predicted octanol–water partition coefficient (Wildman–Crippen LogP) is 4.43. The van der Waals surface area contributed by atoms with Crippen molar-refractivity contribution < 1.29 is 9.90 Å². The molecule has 0 saturated heterocycles. The molecule has 0 saturated carbocycles. The lowest BCUT2D eigenvalue weighted by Crippen LogP contribution is -1.98. The molecule has 1 atom stereocenters. The lowest BCUT2D eigenvalue weighted by molar-refractivity contribution is 0.0697. The maximum atomic E-state index is 10.8. The molecule has 1 rings (SSSR count). The minimum Gasteiger partial charge on any atom is -0.478 e. The fourth-order valence-electron chi connectivity index (χ4n) is 1.29. The van der Waals surface area contributed by atoms with E-state index in [9.17, 15) is 4.79 Å². The molecular formula is C13H17BrO2S. The molecule has 1 aromatic carbocycles. The molecule has 0 radical (unpaired) electrons. The Morgan fingerprint density at radius 2 is 2.24 bits per heavy atom. The smallest absolute Gasteiger partial charge is 0.335 e. The van der Waals surface area contributed by atoms with Gasteiger partial charge in [-0.2, -0.15) is 11.8 Å². The van der Waals surface area contributed by atoms with Crippen LogP contribution in [0, 0.1) is 5.92 Å². The van der Waals surface area contributed by atoms with Crippen LogP contribution in [-0.2, 0) is 5.75 Å². The number of hydrogen-bond acceptors (Lipinski definition) is 2. The lowest BCUT2D eigenvalue weighted by Gasteiger charge is -2.09. The summed E-state index contributed by atoms with van der Waals surface area (Å²) in [4.78, 5) is 10.8. The van der Waals surface area contributed by atoms with Gasteiger partial charge >= 0.3 is 5.97 Å². The summed E-state index contributed by atoms with van der Waals surface area (Å²) in [6.07, 6.45) is 1.20. The van der Waals surface area contributed by atoms with Crippen LogP contribution in [0.2, 0.25) is 0 Å². The van der Waals surface area contributed by atoms with Gasteiger partial charge in [-0.1, -0.05) is 42.3 Å². The van der Waals surface area contributed by atoms with E-state index in [0.717, 1.165) is 27.5 Å². The molecule has 17 heavy (non-hydrogen) atoms. The summed E-state index contributed by atoms with van der Waals surface area (Å²) < 4.78 is 0.883. The Bertz CT molecular complexity index is 393. The Hall–Kier alpha value is -0.480. The first kappa shape index (κ1) is 14.6. The van der Waals surface area contributed by atoms with Crippen LogP contribution < -0.4 is 0 Å². The van der Waals surface area contributed by atoms with Gasteiger partial charge in [0.2, 0.25) is 0 Å². The van der Waals surface area contributed by atoms with E-state index in [4.69, 9.17) is 5.11 Å². The van der Waals surface area contributed by atoms with Gasteiger partial charge in [-0.15, -0.1) is 0 Å². The molecule has 0 aliphatic carbocycles. The van der Waals surface area contributed by atoms with Gasteiger partial charge < -0.3 is 5.11 Å². The molecule has 0 fully saturated rings. The van der Waals surface area contributed by atoms with Gasteiger partial charge in [-0.05, 0) is 29.4 Å². The number of thioether (sulfide) groups is 1. The van der Waals surface area contributed by atoms with E-state index in [0.29, 0.717) is 5.56 Å². The van der Waals surface area contributed by atoms with E-state index in [1.807, 2.05) is 17.8 Å². The predicted molar refractivity (Wildman–Crippen MR) is 76.7 cm³/mol. The number of carboxylic acid groups (broad SMARTS) is 1. The van der Waals surface area contributed by atoms with E-state index >= 15 is 0 Å². The van der Waals surface area contributed by atoms with Crippen LogP contribution in [0.5, 0.6) is 0 Å². The van der Waals surface area contributed by atoms with Crippen LogP contribution in [0.25, 0.3) is 0 Å². The maximum absolute atomic E-state index is 10.8. The van der Waals surface area contributed by atoms with Crippen LogP contribution in [0.1, 0.15) is 36.2 Å². The molecule has 1 aromatic rings. The van der Waals surface area contributed by atoms with Crippen LogP contribution in [0.15, 0.2) is 22.7 Å². The van der Waals surface area contributed by atoms with Crippen LogP contribution in [0.3, 0.4) is 0 Å². The molecule has 0 spiro atoms. The van der Waals surface area contributed by atoms with Crippen molar-refractivity contribution in [1.29, 1.82) is 0 Å². The number of rotatable bonds is 6. The lowest BCUT2D eigenvalue weighted by atomic mass is 10.1. The minimum atomic E-state index is -0.885. The van der Waals surface area contributed by atoms with Crippen molar-refractivity contribution in [3.05, 3.63) is 33.8 Å². The number of aromatic carboxylic acids is 1. The highest BCUT2D eigenvalue weighted by Gasteiger charge is 2.07. The second-order valence-corrected chi connectivity index (χ2v) is 6.02. The first-order valence-electron chi connectivity index (χ1n) is 5.64. The van der Waals surface area contributed by atoms with Gasteiger partial charge in [0.05, 0.1) is 5.56 Å². The first-order valence-corrected chi connectivity index (χ1v) is 7.58. The molecule has 1 N–H and O–H groups in total. The Labute approximate surface area is 115 Å². The summed E-state index contributed by atoms with van der Waals surface area (Å²) in [5.41, 5.74) is 1.48. The van der Waals surface area contributed by atoms with Crippen LogP contribution >= 0.6 is 27.7 Å². The second kappa shape index (κ2) is 7.07. The monoisotopic (exact) mass is 316 g/mol. The fraction of sp³-hybridized carbons (Fsp3) is 0.462. The number of halogens is 1. The van der Waals surface area contributed by atoms with Gasteiger partial charge in [0, 0.05) is 10.2 Å². The fourth-order valence-corrected chi connectivity index (χ4v) is 3.22. The summed E-state index contributed by atoms with van der Waals surface area (Å²) in [5, 5.41) is 8.85. The van der Waals surface area contributed by atoms with Gasteiger partial charge in [0.15, 0.2) is 0 Å². The highest BCUT2D eigenvalue weighted by Crippen LogP contribution is 2.24. The van der Waals surface area contributed by atoms with Gasteiger partial charge in [0.1, 0.15) is 0 Å². The van der Waals surface area contributed by atoms with Gasteiger partial charge in [-0.25, -0.2) is 4.79 Å². The van der Waals surface area contributed by atoms with Crippen molar-refractivity contribution in [2.75, 3.05) is 5.75 Å². The molecule has 0 heterocycles. The zero-order valence-electron chi connectivity index (χ0n) is 10.1. The zero-order chi connectivity index (χ0) is 12.8. The van der Waals surface area contributed by atoms with E-state index in [1.54, 1.807) is 12.1 Å². The third-order valence-electron chi connectivity index (χ3n) is 2.66. The third kappa shape index (κ3) is 4.72. The average Bonchev–Trinajstić information content (AvgIpc) is 2.30. The molecule has 0 aromatic heterocycles. The summed E-state index contributed by atoms with van der Waals surface area (Å²) in [7, 11) is 0. The number of benzene rings is 1. The van der Waals surface area contributed by atoms with Crippen molar-refractivity contribution in [3.8, 4) is 0 Å². The summed E-state index contributed by atoms with van der Waals surface area (Å²) >= 11 is 5.31. The standard InChI is InChI=1S/C13H17BrO2S/c1-3-9(2)7-17-8-11-5-4-10(13(15)16)6-12(11)14/h4-6,9H,3,7-8H2,1-2H3,(H,15,16). The van der Waals surface area contributed by atoms with E-state index in [-0.39, 0.29) is 0 Å². The number of carboxylic acids is 1. The Kier molecular flexibility index (Phi) is 6.06. The van der Waals surface area contributed by atoms with Crippen LogP contribution in [0.4, 0.5) is 0 Å². The van der Waals surface area contributed by atoms with Crippen molar-refractivity contribution in [1.82, 2.24) is 0 Å². The zero-order valence-corrected chi connectivity index (χ0v) is 12.5. The average molecular weight is 317 g/mol. The topological polar surface area (TPSA) is 37.3 Å². The minimum absolute atomic E-state index is 0.326. The van der Waals surface area contributed by atoms with E-state index < -0.39 is 5.97 Å². The Morgan fingerprint density at radius 3 is 2.76 bits per heavy atom. The third-order valence-corrected chi connectivity index (χ3v) is 4.71. The quantitative estimate of drug-likeness (QED) is 0.843. The molecule has 4 heteroatoms. The van der Waals surface area contributed by atoms with Gasteiger partial charge in [-0.3, -0.25) is 0 Å². The highest BCUT2D eigenvalue weighted by atomic mass is 79.9. The maximum Gasteiger partial charge on any atom is 0.335 e. The van der Waals surface area contributed by atoms with Gasteiger partial charge in [0.25, 0.3) is 0 Å². The summed E-state index contributed by atoms with van der Waals surface area (Å²) in [5.74, 6) is 1.91. The van der Waals surface area contributed by atoms with Crippen molar-refractivity contribution in [3.63, 3.8) is 0 Å². The molecule has 94 valence electrons. The van der Waals surface area contributed by atoms with Crippen molar-refractivity contribution in [2.45, 2.75) is 26.0 Å². The molecule has 1 unspecified atom stereocenters. The molecule has 0 amide bonds. The van der Waals surface area contributed by atoms with Crippen LogP contribution in [-0.4, -0.2) is 16.8 Å². The van der Waals surface area contributed by atoms with Crippen molar-refractivity contribution >= 4 is 33.7 Å². The molecule has 0 aliphatic rings.